The maximum Gasteiger partial charge on any atom is 0.305 e. The Kier molecular flexibility index (Phi) is 61.7. The van der Waals surface area contributed by atoms with Crippen molar-refractivity contribution >= 4 is 17.8 Å². The number of hydrogen-bond donors (Lipinski definition) is 4. The topological polar surface area (TPSA) is 439 Å². The molecule has 144 heavy (non-hydrogen) atoms. The highest BCUT2D eigenvalue weighted by molar-refractivity contribution is 5.84. The van der Waals surface area contributed by atoms with E-state index in [0.717, 1.165) is 51.4 Å². The van der Waals surface area contributed by atoms with E-state index < -0.39 is 270 Å². The van der Waals surface area contributed by atoms with Crippen LogP contribution in [-0.2, 0) is 180 Å². The number of methoxy groups -OCH3 is 20. The van der Waals surface area contributed by atoms with Gasteiger partial charge in [-0.2, -0.15) is 0 Å². The highest BCUT2D eigenvalue weighted by atomic mass is 16.8. The van der Waals surface area contributed by atoms with Gasteiger partial charge in [0.15, 0.2) is 44.0 Å². The molecule has 0 aromatic carbocycles. The number of nitrogens with one attached hydrogen (secondary N) is 2. The number of esters is 1. The zero-order chi connectivity index (χ0) is 104. The second-order valence-electron chi connectivity index (χ2n) is 38.6. The van der Waals surface area contributed by atoms with Crippen LogP contribution in [0.3, 0.4) is 0 Å². The lowest BCUT2D eigenvalue weighted by atomic mass is 9.94. The van der Waals surface area contributed by atoms with Crippen molar-refractivity contribution < 1.29 is 190 Å². The van der Waals surface area contributed by atoms with E-state index in [2.05, 4.69) is 24.5 Å². The molecular formula is C102H186N2O40. The maximum absolute atomic E-state index is 14.7. The molecule has 0 aromatic rings. The van der Waals surface area contributed by atoms with Crippen molar-refractivity contribution in [3.63, 3.8) is 0 Å². The van der Waals surface area contributed by atoms with Crippen LogP contribution in [-0.4, -0.2) is 456 Å². The number of rotatable bonds is 65. The van der Waals surface area contributed by atoms with Crippen LogP contribution in [0.25, 0.3) is 0 Å². The molecule has 21 aliphatic heterocycles. The lowest BCUT2D eigenvalue weighted by molar-refractivity contribution is -0.402. The molecule has 21 heterocycles. The fourth-order valence-corrected chi connectivity index (χ4v) is 21.3. The van der Waals surface area contributed by atoms with Crippen LogP contribution in [0, 0.1) is 0 Å². The van der Waals surface area contributed by atoms with E-state index >= 15 is 0 Å². The second kappa shape index (κ2) is 70.4. The fourth-order valence-electron chi connectivity index (χ4n) is 21.3. The van der Waals surface area contributed by atoms with Gasteiger partial charge in [-0.15, -0.1) is 0 Å². The lowest BCUT2D eigenvalue weighted by Crippen LogP contribution is -2.69. The predicted octanol–water partition coefficient (Wildman–Crippen LogP) is 7.86. The van der Waals surface area contributed by atoms with Crippen LogP contribution in [0.4, 0.5) is 0 Å². The summed E-state index contributed by atoms with van der Waals surface area (Å²) >= 11 is 0. The molecule has 4 N–H and O–H groups in total. The van der Waals surface area contributed by atoms with Gasteiger partial charge in [-0.25, -0.2) is 0 Å². The van der Waals surface area contributed by atoms with E-state index in [9.17, 15) is 24.6 Å². The van der Waals surface area contributed by atoms with Gasteiger partial charge < -0.3 is 187 Å². The van der Waals surface area contributed by atoms with Crippen molar-refractivity contribution in [1.82, 2.24) is 10.6 Å². The van der Waals surface area contributed by atoms with Crippen LogP contribution in [0.2, 0.25) is 0 Å². The van der Waals surface area contributed by atoms with E-state index in [1.807, 2.05) is 0 Å². The molecule has 38 unspecified atom stereocenters. The molecule has 42 nitrogen and oxygen atoms in total. The Bertz CT molecular complexity index is 3310. The number of aliphatic hydroxyl groups excluding tert-OH is 2. The molecule has 42 heteroatoms. The lowest BCUT2D eigenvalue weighted by Gasteiger charge is -2.52. The van der Waals surface area contributed by atoms with Gasteiger partial charge in [0, 0.05) is 168 Å². The van der Waals surface area contributed by atoms with E-state index in [1.54, 1.807) is 0 Å². The van der Waals surface area contributed by atoms with Crippen molar-refractivity contribution in [2.45, 2.75) is 446 Å². The summed E-state index contributed by atoms with van der Waals surface area (Å²) in [7, 11) is 29.6. The summed E-state index contributed by atoms with van der Waals surface area (Å²) < 4.78 is 230. The molecule has 0 aromatic heterocycles. The number of amides is 2. The highest BCUT2D eigenvalue weighted by Gasteiger charge is 2.63. The molecule has 21 saturated heterocycles. The molecule has 0 saturated carbocycles. The van der Waals surface area contributed by atoms with Gasteiger partial charge in [-0.3, -0.25) is 14.4 Å². The van der Waals surface area contributed by atoms with Crippen LogP contribution in [0.15, 0.2) is 0 Å². The number of carbonyl (C=O) groups excluding carboxylic acids is 3. The Balaban J connectivity index is 1.12. The normalized spacial score (nSPS) is 35.7. The van der Waals surface area contributed by atoms with Crippen molar-refractivity contribution in [3.8, 4) is 0 Å². The molecule has 0 aliphatic carbocycles. The number of hydrogen-bond acceptors (Lipinski definition) is 40. The Morgan fingerprint density at radius 2 is 0.458 bits per heavy atom. The summed E-state index contributed by atoms with van der Waals surface area (Å²) in [5.74, 6) is -1.78. The summed E-state index contributed by atoms with van der Waals surface area (Å²) in [6, 6.07) is -1.23. The standard InChI is InChI=1S/C102H186N2O40/c1-23-25-27-29-31-33-35-37-38-39-41-43-45-47-49-51-73(108)130-55-62(74(109)63(105)50-48-46-44-42-40-36-34-32-30-28-26-24-2)104-72(107)53-52-71(106)103-54-64-75-82(116-9)89(123-16)96(131-64)139-76-65(56-110-3)133-98(91(125-18)83(76)117-10)141-78-67(58-112-5)135-100(93(127-20)85(78)119-12)143-80-69(60-114-7)137-102(95(129-22)87(80)121-14)144-81-70(61-115-8)136-101(94(128-21)88(81)122-15)142-79-68(59-113-6)134-99(92(126-19)86(79)120-13)140-77-66(57-111-4)132-97(138-75)90(124-17)84(77)118-11/h62-70,74-102,105,109H,23-61H2,1-22H3,(H,103,106)(H,104,107). The zero-order valence-electron chi connectivity index (χ0n) is 90.4. The van der Waals surface area contributed by atoms with Crippen LogP contribution < -0.4 is 10.6 Å². The molecule has 38 atom stereocenters. The van der Waals surface area contributed by atoms with E-state index in [1.165, 1.54) is 251 Å². The average molecular weight is 2080 g/mol. The molecule has 21 rings (SSSR count). The monoisotopic (exact) mass is 2080 g/mol. The third-order valence-corrected chi connectivity index (χ3v) is 29.0. The van der Waals surface area contributed by atoms with Crippen molar-refractivity contribution in [2.24, 2.45) is 0 Å². The number of unbranched alkanes of at least 4 members (excludes halogenated alkanes) is 25. The number of aliphatic hydroxyl groups is 2. The minimum atomic E-state index is -1.53. The van der Waals surface area contributed by atoms with Crippen molar-refractivity contribution in [2.75, 3.05) is 195 Å². The van der Waals surface area contributed by atoms with Gasteiger partial charge in [0.2, 0.25) is 11.8 Å². The molecule has 21 aliphatic rings. The minimum Gasteiger partial charge on any atom is -0.463 e. The van der Waals surface area contributed by atoms with Crippen LogP contribution in [0.1, 0.15) is 213 Å². The van der Waals surface area contributed by atoms with Gasteiger partial charge in [0.25, 0.3) is 0 Å². The quantitative estimate of drug-likeness (QED) is 0.0332. The summed E-state index contributed by atoms with van der Waals surface area (Å²) in [5, 5.41) is 29.3. The highest BCUT2D eigenvalue weighted by Crippen LogP contribution is 2.44. The molecule has 0 radical (unpaired) electrons. The Morgan fingerprint density at radius 3 is 0.688 bits per heavy atom. The SMILES string of the molecule is CCCCCCCCCCCCCCCCCC(=O)OCC(NC(=O)CCC(=O)NCC1OC2OC3C(COC)OC(OC4C(COC)OC(OC5C(COC)OC(OC6C(COC)OC(OC7C(COC)OC(OC8C(COC)OC(OC1C(OC)C2OC)C(OC)C8OC)C(OC)C7OC)C(OC)C6OC)C(OC)C5OC)C(OC)C4OC)C(OC)C3OC)C(O)C(O)CCCCCCCCCCCCCC. The van der Waals surface area contributed by atoms with E-state index in [4.69, 9.17) is 166 Å². The number of ether oxygens (including phenoxy) is 35. The van der Waals surface area contributed by atoms with Gasteiger partial charge >= 0.3 is 5.97 Å². The molecule has 14 bridgehead atoms. The molecule has 21 fully saturated rings. The first-order valence-electron chi connectivity index (χ1n) is 52.7. The first kappa shape index (κ1) is 126. The summed E-state index contributed by atoms with van der Waals surface area (Å²) in [4.78, 5) is 42.6. The van der Waals surface area contributed by atoms with Crippen LogP contribution >= 0.6 is 0 Å². The van der Waals surface area contributed by atoms with Gasteiger partial charge in [-0.1, -0.05) is 181 Å². The van der Waals surface area contributed by atoms with Gasteiger partial charge in [0.05, 0.1) is 51.8 Å². The second-order valence-corrected chi connectivity index (χ2v) is 38.6. The third kappa shape index (κ3) is 36.6. The summed E-state index contributed by atoms with van der Waals surface area (Å²) in [6.45, 7) is 3.01. The largest absolute Gasteiger partial charge is 0.463 e. The van der Waals surface area contributed by atoms with E-state index in [-0.39, 0.29) is 59.0 Å². The first-order valence-corrected chi connectivity index (χ1v) is 52.7. The number of carbonyl (C=O) groups is 3. The fraction of sp³-hybridized carbons (Fsp3) is 0.971. The summed E-state index contributed by atoms with van der Waals surface area (Å²) in [5.41, 5.74) is 0. The minimum absolute atomic E-state index is 0.0798. The molecule has 2 amide bonds. The zero-order valence-corrected chi connectivity index (χ0v) is 90.4. The van der Waals surface area contributed by atoms with Gasteiger partial charge in [-0.05, 0) is 12.8 Å². The van der Waals surface area contributed by atoms with E-state index in [0.29, 0.717) is 12.8 Å². The summed E-state index contributed by atoms with van der Waals surface area (Å²) in [6.07, 6.45) is -12.6. The Morgan fingerprint density at radius 1 is 0.250 bits per heavy atom. The molecule has 0 spiro atoms. The Labute approximate surface area is 856 Å². The Hall–Kier alpha value is -3.03. The predicted molar refractivity (Wildman–Crippen MR) is 520 cm³/mol. The average Bonchev–Trinajstić information content (AvgIpc) is 0.801. The van der Waals surface area contributed by atoms with Crippen molar-refractivity contribution in [1.29, 1.82) is 0 Å². The smallest absolute Gasteiger partial charge is 0.305 e. The van der Waals surface area contributed by atoms with Gasteiger partial charge in [0.1, 0.15) is 184 Å². The van der Waals surface area contributed by atoms with Crippen LogP contribution in [0.5, 0.6) is 0 Å². The molecular weight excluding hydrogens is 1890 g/mol. The van der Waals surface area contributed by atoms with Crippen molar-refractivity contribution in [3.05, 3.63) is 0 Å². The maximum atomic E-state index is 14.7. The molecule has 844 valence electrons. The first-order chi connectivity index (χ1) is 70.1. The third-order valence-electron chi connectivity index (χ3n) is 29.0.